The molecular formula is C20H14NaO4. The van der Waals surface area contributed by atoms with Crippen molar-refractivity contribution >= 4 is 35.5 Å². The van der Waals surface area contributed by atoms with Gasteiger partial charge in [-0.1, -0.05) is 42.5 Å². The molecule has 1 aliphatic heterocycles. The maximum atomic E-state index is 12.4. The smallest absolute Gasteiger partial charge is 0.340 e. The molecule has 0 unspecified atom stereocenters. The van der Waals surface area contributed by atoms with Crippen LogP contribution in [0.15, 0.2) is 72.8 Å². The molecule has 4 nitrogen and oxygen atoms in total. The Morgan fingerprint density at radius 2 is 1.20 bits per heavy atom. The molecule has 1 aliphatic rings. The number of carbonyl (C=O) groups is 1. The summed E-state index contributed by atoms with van der Waals surface area (Å²) in [5.41, 5.74) is 1.60. The maximum Gasteiger partial charge on any atom is 0.340 e. The van der Waals surface area contributed by atoms with Crippen molar-refractivity contribution in [1.82, 2.24) is 0 Å². The summed E-state index contributed by atoms with van der Waals surface area (Å²) in [6, 6.07) is 20.4. The molecule has 0 amide bonds. The number of carbonyl (C=O) groups excluding carboxylic acids is 1. The zero-order valence-corrected chi connectivity index (χ0v) is 15.6. The maximum absolute atomic E-state index is 12.4. The van der Waals surface area contributed by atoms with Crippen LogP contribution in [0.2, 0.25) is 0 Å². The first kappa shape index (κ1) is 17.5. The van der Waals surface area contributed by atoms with Gasteiger partial charge in [0.15, 0.2) is 5.60 Å². The van der Waals surface area contributed by atoms with Gasteiger partial charge in [-0.05, 0) is 30.3 Å². The van der Waals surface area contributed by atoms with E-state index in [1.807, 2.05) is 12.1 Å². The zero-order valence-electron chi connectivity index (χ0n) is 13.6. The third-order valence-electron chi connectivity index (χ3n) is 4.32. The van der Waals surface area contributed by atoms with Crippen molar-refractivity contribution in [3.8, 4) is 11.5 Å². The van der Waals surface area contributed by atoms with Crippen molar-refractivity contribution in [1.29, 1.82) is 0 Å². The molecular weight excluding hydrogens is 327 g/mol. The Kier molecular flexibility index (Phi) is 4.60. The van der Waals surface area contributed by atoms with Gasteiger partial charge in [-0.3, -0.25) is 0 Å². The molecule has 3 aromatic rings. The molecule has 0 saturated carbocycles. The molecule has 119 valence electrons. The molecule has 3 aromatic carbocycles. The normalized spacial score (nSPS) is 14.3. The van der Waals surface area contributed by atoms with Crippen LogP contribution in [0.5, 0.6) is 11.5 Å². The average Bonchev–Trinajstić information content (AvgIpc) is 2.91. The molecule has 1 heterocycles. The number of phenolic OH excluding ortho intramolecular Hbond substituents is 2. The van der Waals surface area contributed by atoms with Crippen molar-refractivity contribution in [3.05, 3.63) is 95.1 Å². The Labute approximate surface area is 167 Å². The van der Waals surface area contributed by atoms with E-state index >= 15 is 0 Å². The number of benzene rings is 3. The van der Waals surface area contributed by atoms with Gasteiger partial charge < -0.3 is 14.9 Å². The van der Waals surface area contributed by atoms with E-state index in [0.717, 1.165) is 16.7 Å². The second-order valence-corrected chi connectivity index (χ2v) is 5.71. The summed E-state index contributed by atoms with van der Waals surface area (Å²) in [5, 5.41) is 19.2. The minimum Gasteiger partial charge on any atom is -0.508 e. The summed E-state index contributed by atoms with van der Waals surface area (Å²) in [4.78, 5) is 12.4. The summed E-state index contributed by atoms with van der Waals surface area (Å²) in [6.45, 7) is 0. The first-order valence-electron chi connectivity index (χ1n) is 7.53. The minimum atomic E-state index is -1.10. The van der Waals surface area contributed by atoms with E-state index in [-0.39, 0.29) is 41.1 Å². The van der Waals surface area contributed by atoms with Gasteiger partial charge in [0.2, 0.25) is 0 Å². The fraction of sp³-hybridized carbons (Fsp3) is 0.0500. The predicted octanol–water partition coefficient (Wildman–Crippen LogP) is 3.18. The number of ether oxygens (including phenoxy) is 1. The van der Waals surface area contributed by atoms with Crippen molar-refractivity contribution in [2.24, 2.45) is 0 Å². The van der Waals surface area contributed by atoms with E-state index in [2.05, 4.69) is 0 Å². The SMILES string of the molecule is O=C1OC(c2ccc(O)cc2)(c2ccc(O)cc2)c2ccccc21.[Na]. The monoisotopic (exact) mass is 341 g/mol. The molecule has 4 rings (SSSR count). The quantitative estimate of drug-likeness (QED) is 0.555. The Morgan fingerprint density at radius 3 is 1.72 bits per heavy atom. The van der Waals surface area contributed by atoms with E-state index in [1.165, 1.54) is 0 Å². The van der Waals surface area contributed by atoms with Gasteiger partial charge in [0.05, 0.1) is 5.56 Å². The van der Waals surface area contributed by atoms with Gasteiger partial charge in [-0.15, -0.1) is 0 Å². The van der Waals surface area contributed by atoms with Crippen LogP contribution < -0.4 is 0 Å². The van der Waals surface area contributed by atoms with Crippen LogP contribution in [-0.2, 0) is 10.3 Å². The van der Waals surface area contributed by atoms with E-state index in [9.17, 15) is 15.0 Å². The van der Waals surface area contributed by atoms with Crippen LogP contribution in [0.4, 0.5) is 0 Å². The molecule has 0 aromatic heterocycles. The van der Waals surface area contributed by atoms with E-state index in [4.69, 9.17) is 4.74 Å². The predicted molar refractivity (Wildman–Crippen MR) is 93.7 cm³/mol. The van der Waals surface area contributed by atoms with Gasteiger partial charge in [-0.2, -0.15) is 0 Å². The second kappa shape index (κ2) is 6.56. The fourth-order valence-electron chi connectivity index (χ4n) is 3.20. The zero-order chi connectivity index (χ0) is 16.7. The second-order valence-electron chi connectivity index (χ2n) is 5.71. The average molecular weight is 341 g/mol. The number of fused-ring (bicyclic) bond motifs is 1. The number of aromatic hydroxyl groups is 2. The summed E-state index contributed by atoms with van der Waals surface area (Å²) in [5.74, 6) is -0.124. The number of phenols is 2. The molecule has 1 radical (unpaired) electrons. The largest absolute Gasteiger partial charge is 0.508 e. The molecule has 5 heteroatoms. The Hall–Kier alpha value is -2.27. The number of rotatable bonds is 2. The molecule has 0 bridgehead atoms. The van der Waals surface area contributed by atoms with Gasteiger partial charge in [0, 0.05) is 46.2 Å². The van der Waals surface area contributed by atoms with Crippen LogP contribution in [0.25, 0.3) is 0 Å². The fourth-order valence-corrected chi connectivity index (χ4v) is 3.20. The summed E-state index contributed by atoms with van der Waals surface area (Å²) in [7, 11) is 0. The topological polar surface area (TPSA) is 66.8 Å². The van der Waals surface area contributed by atoms with Crippen molar-refractivity contribution in [3.63, 3.8) is 0 Å². The molecule has 0 aliphatic carbocycles. The first-order chi connectivity index (χ1) is 11.6. The van der Waals surface area contributed by atoms with Crippen LogP contribution in [-0.4, -0.2) is 45.7 Å². The first-order valence-corrected chi connectivity index (χ1v) is 7.53. The van der Waals surface area contributed by atoms with Gasteiger partial charge in [-0.25, -0.2) is 4.79 Å². The summed E-state index contributed by atoms with van der Waals surface area (Å²) < 4.78 is 5.87. The molecule has 0 fully saturated rings. The van der Waals surface area contributed by atoms with Gasteiger partial charge >= 0.3 is 5.97 Å². The Balaban J connectivity index is 0.00000182. The minimum absolute atomic E-state index is 0. The number of cyclic esters (lactones) is 1. The van der Waals surface area contributed by atoms with Crippen LogP contribution in [0.1, 0.15) is 27.0 Å². The number of esters is 1. The molecule has 0 atom stereocenters. The summed E-state index contributed by atoms with van der Waals surface area (Å²) >= 11 is 0. The Bertz CT molecular complexity index is 872. The molecule has 0 spiro atoms. The van der Waals surface area contributed by atoms with Crippen LogP contribution in [0, 0.1) is 0 Å². The third-order valence-corrected chi connectivity index (χ3v) is 4.32. The van der Waals surface area contributed by atoms with Gasteiger partial charge in [0.25, 0.3) is 0 Å². The third kappa shape index (κ3) is 2.72. The van der Waals surface area contributed by atoms with Crippen molar-refractivity contribution in [2.45, 2.75) is 5.60 Å². The van der Waals surface area contributed by atoms with Crippen LogP contribution in [0.3, 0.4) is 0 Å². The number of hydrogen-bond donors (Lipinski definition) is 2. The van der Waals surface area contributed by atoms with Crippen LogP contribution >= 0.6 is 0 Å². The van der Waals surface area contributed by atoms with Gasteiger partial charge in [0.1, 0.15) is 11.5 Å². The van der Waals surface area contributed by atoms with E-state index in [0.29, 0.717) is 5.56 Å². The van der Waals surface area contributed by atoms with Crippen molar-refractivity contribution < 1.29 is 19.7 Å². The van der Waals surface area contributed by atoms with Crippen molar-refractivity contribution in [2.75, 3.05) is 0 Å². The van der Waals surface area contributed by atoms with E-state index < -0.39 is 11.6 Å². The number of hydrogen-bond acceptors (Lipinski definition) is 4. The standard InChI is InChI=1S/C20H14O4.Na/c21-15-9-5-13(6-10-15)20(14-7-11-16(22)12-8-14)18-4-2-1-3-17(18)19(23)24-20;/h1-12,21-22H;. The Morgan fingerprint density at radius 1 is 0.720 bits per heavy atom. The molecule has 0 saturated heterocycles. The molecule has 25 heavy (non-hydrogen) atoms. The van der Waals surface area contributed by atoms with E-state index in [1.54, 1.807) is 60.7 Å². The molecule has 2 N–H and O–H groups in total. The summed E-state index contributed by atoms with van der Waals surface area (Å²) in [6.07, 6.45) is 0.